The Balaban J connectivity index is 1.61. The zero-order chi connectivity index (χ0) is 21.7. The van der Waals surface area contributed by atoms with Crippen LogP contribution in [-0.2, 0) is 11.3 Å². The van der Waals surface area contributed by atoms with Crippen LogP contribution in [0.1, 0.15) is 45.2 Å². The van der Waals surface area contributed by atoms with Gasteiger partial charge in [-0.05, 0) is 32.6 Å². The molecule has 1 atom stereocenters. The summed E-state index contributed by atoms with van der Waals surface area (Å²) in [6.07, 6.45) is 3.44. The van der Waals surface area contributed by atoms with Crippen LogP contribution in [0.15, 0.2) is 6.20 Å². The highest BCUT2D eigenvalue weighted by molar-refractivity contribution is 5.96. The molecule has 11 heteroatoms. The van der Waals surface area contributed by atoms with E-state index in [1.807, 2.05) is 13.8 Å². The second-order valence-corrected chi connectivity index (χ2v) is 7.46. The van der Waals surface area contributed by atoms with Gasteiger partial charge in [0.25, 0.3) is 11.8 Å². The molecule has 2 aromatic heterocycles. The number of nitrogen functional groups attached to an aromatic ring is 1. The molecular weight excluding hydrogens is 388 g/mol. The van der Waals surface area contributed by atoms with E-state index >= 15 is 0 Å². The van der Waals surface area contributed by atoms with E-state index in [-0.39, 0.29) is 34.9 Å². The van der Waals surface area contributed by atoms with E-state index in [1.165, 1.54) is 0 Å². The Morgan fingerprint density at radius 1 is 1.30 bits per heavy atom. The minimum absolute atomic E-state index is 0.158. The summed E-state index contributed by atoms with van der Waals surface area (Å²) in [6.45, 7) is 6.24. The molecule has 3 N–H and O–H groups in total. The summed E-state index contributed by atoms with van der Waals surface area (Å²) in [7, 11) is 1.57. The number of ether oxygens (including phenoxy) is 1. The monoisotopic (exact) mass is 416 g/mol. The topological polar surface area (TPSA) is 141 Å². The third-order valence-electron chi connectivity index (χ3n) is 5.15. The van der Waals surface area contributed by atoms with Crippen LogP contribution in [0.2, 0.25) is 0 Å². The van der Waals surface area contributed by atoms with Crippen molar-refractivity contribution in [3.63, 3.8) is 0 Å². The molecule has 0 aromatic carbocycles. The van der Waals surface area contributed by atoms with Crippen LogP contribution < -0.4 is 11.1 Å². The maximum atomic E-state index is 12.9. The van der Waals surface area contributed by atoms with Crippen molar-refractivity contribution in [1.29, 1.82) is 0 Å². The molecule has 3 heterocycles. The molecule has 3 rings (SSSR count). The number of nitrogens with one attached hydrogen (secondary N) is 1. The van der Waals surface area contributed by atoms with Crippen LogP contribution in [0.25, 0.3) is 0 Å². The maximum Gasteiger partial charge on any atom is 0.276 e. The van der Waals surface area contributed by atoms with E-state index in [2.05, 4.69) is 25.6 Å². The molecular formula is C19H28N8O3. The summed E-state index contributed by atoms with van der Waals surface area (Å²) in [5.74, 6) is -0.146. The fraction of sp³-hybridized carbons (Fsp3) is 0.579. The summed E-state index contributed by atoms with van der Waals surface area (Å²) in [6, 6.07) is 0. The summed E-state index contributed by atoms with van der Waals surface area (Å²) < 4.78 is 6.56. The number of aryl methyl sites for hydroxylation is 2. The van der Waals surface area contributed by atoms with Gasteiger partial charge in [0.1, 0.15) is 0 Å². The average Bonchev–Trinajstić information content (AvgIpc) is 3.19. The second-order valence-electron chi connectivity index (χ2n) is 7.46. The predicted molar refractivity (Wildman–Crippen MR) is 109 cm³/mol. The van der Waals surface area contributed by atoms with Crippen molar-refractivity contribution in [1.82, 2.24) is 35.2 Å². The van der Waals surface area contributed by atoms with Crippen molar-refractivity contribution in [3.8, 4) is 0 Å². The van der Waals surface area contributed by atoms with Crippen LogP contribution in [-0.4, -0.2) is 75.0 Å². The van der Waals surface area contributed by atoms with Gasteiger partial charge in [-0.25, -0.2) is 9.97 Å². The molecule has 11 nitrogen and oxygen atoms in total. The number of carbonyl (C=O) groups is 2. The number of piperidine rings is 1. The molecule has 1 fully saturated rings. The first-order valence-corrected chi connectivity index (χ1v) is 9.96. The molecule has 1 saturated heterocycles. The number of nitrogens with two attached hydrogens (primary N) is 1. The number of rotatable bonds is 7. The summed E-state index contributed by atoms with van der Waals surface area (Å²) in [5, 5.41) is 10.7. The smallest absolute Gasteiger partial charge is 0.276 e. The summed E-state index contributed by atoms with van der Waals surface area (Å²) in [5.41, 5.74) is 7.81. The zero-order valence-corrected chi connectivity index (χ0v) is 17.6. The lowest BCUT2D eigenvalue weighted by molar-refractivity contribution is 0.0654. The molecule has 2 aromatic rings. The van der Waals surface area contributed by atoms with E-state index in [1.54, 1.807) is 22.9 Å². The molecule has 0 radical (unpaired) electrons. The van der Waals surface area contributed by atoms with Gasteiger partial charge >= 0.3 is 0 Å². The van der Waals surface area contributed by atoms with Crippen LogP contribution in [0.5, 0.6) is 0 Å². The molecule has 0 bridgehead atoms. The number of carbonyl (C=O) groups excluding carboxylic acids is 2. The molecule has 1 aliphatic rings. The lowest BCUT2D eigenvalue weighted by Gasteiger charge is -2.32. The second kappa shape index (κ2) is 9.61. The van der Waals surface area contributed by atoms with Gasteiger partial charge in [-0.1, -0.05) is 5.21 Å². The van der Waals surface area contributed by atoms with Crippen molar-refractivity contribution in [2.75, 3.05) is 39.1 Å². The fourth-order valence-corrected chi connectivity index (χ4v) is 3.44. The van der Waals surface area contributed by atoms with E-state index in [9.17, 15) is 9.59 Å². The van der Waals surface area contributed by atoms with E-state index < -0.39 is 0 Å². The van der Waals surface area contributed by atoms with Crippen LogP contribution in [0.4, 0.5) is 5.82 Å². The Morgan fingerprint density at radius 3 is 2.83 bits per heavy atom. The predicted octanol–water partition coefficient (Wildman–Crippen LogP) is 0.196. The van der Waals surface area contributed by atoms with Gasteiger partial charge in [0.05, 0.1) is 24.2 Å². The Bertz CT molecular complexity index is 913. The maximum absolute atomic E-state index is 12.9. The standard InChI is InChI=1S/C19H28N8O3/c1-12-13(2)23-17(20)16(22-12)19(29)26-7-4-5-14(9-26)10-27-11-15(24-25-27)18(28)21-6-8-30-3/h11,14H,4-10H2,1-3H3,(H2,20,23)(H,21,28)/t14-/m0/s1. The highest BCUT2D eigenvalue weighted by atomic mass is 16.5. The van der Waals surface area contributed by atoms with Crippen molar-refractivity contribution < 1.29 is 14.3 Å². The van der Waals surface area contributed by atoms with Crippen molar-refractivity contribution in [2.45, 2.75) is 33.2 Å². The number of likely N-dealkylation sites (tertiary alicyclic amines) is 1. The number of hydrogen-bond acceptors (Lipinski definition) is 8. The van der Waals surface area contributed by atoms with E-state index in [0.717, 1.165) is 12.8 Å². The molecule has 162 valence electrons. The Kier molecular flexibility index (Phi) is 6.93. The van der Waals surface area contributed by atoms with E-state index in [4.69, 9.17) is 10.5 Å². The Hall–Kier alpha value is -3.08. The molecule has 0 spiro atoms. The SMILES string of the molecule is COCCNC(=O)c1cn(C[C@H]2CCCN(C(=O)c3nc(C)c(C)nc3N)C2)nn1. The van der Waals surface area contributed by atoms with E-state index in [0.29, 0.717) is 44.2 Å². The first-order valence-electron chi connectivity index (χ1n) is 9.96. The zero-order valence-electron chi connectivity index (χ0n) is 17.6. The van der Waals surface area contributed by atoms with Gasteiger partial charge in [-0.2, -0.15) is 0 Å². The largest absolute Gasteiger partial charge is 0.383 e. The Labute approximate surface area is 175 Å². The highest BCUT2D eigenvalue weighted by Crippen LogP contribution is 2.21. The van der Waals surface area contributed by atoms with Crippen molar-refractivity contribution in [3.05, 3.63) is 29.0 Å². The number of anilines is 1. The summed E-state index contributed by atoms with van der Waals surface area (Å²) in [4.78, 5) is 35.3. The minimum Gasteiger partial charge on any atom is -0.383 e. The molecule has 2 amide bonds. The lowest BCUT2D eigenvalue weighted by Crippen LogP contribution is -2.42. The van der Waals surface area contributed by atoms with Crippen LogP contribution >= 0.6 is 0 Å². The van der Waals surface area contributed by atoms with Crippen LogP contribution in [0, 0.1) is 19.8 Å². The van der Waals surface area contributed by atoms with Crippen LogP contribution in [0.3, 0.4) is 0 Å². The minimum atomic E-state index is -0.289. The van der Waals surface area contributed by atoms with Crippen molar-refractivity contribution >= 4 is 17.6 Å². The average molecular weight is 416 g/mol. The highest BCUT2D eigenvalue weighted by Gasteiger charge is 2.28. The number of hydrogen-bond donors (Lipinski definition) is 2. The normalized spacial score (nSPS) is 16.5. The first kappa shape index (κ1) is 21.6. The number of amides is 2. The van der Waals surface area contributed by atoms with Gasteiger partial charge in [0.15, 0.2) is 17.2 Å². The van der Waals surface area contributed by atoms with Gasteiger partial charge in [0.2, 0.25) is 0 Å². The number of methoxy groups -OCH3 is 1. The van der Waals surface area contributed by atoms with Gasteiger partial charge in [-0.3, -0.25) is 14.3 Å². The summed E-state index contributed by atoms with van der Waals surface area (Å²) >= 11 is 0. The fourth-order valence-electron chi connectivity index (χ4n) is 3.44. The number of nitrogens with zero attached hydrogens (tertiary/aromatic N) is 6. The molecule has 0 unspecified atom stereocenters. The van der Waals surface area contributed by atoms with Gasteiger partial charge < -0.3 is 20.7 Å². The molecule has 30 heavy (non-hydrogen) atoms. The molecule has 1 aliphatic heterocycles. The lowest BCUT2D eigenvalue weighted by atomic mass is 9.97. The quantitative estimate of drug-likeness (QED) is 0.610. The third kappa shape index (κ3) is 5.09. The van der Waals surface area contributed by atoms with Gasteiger partial charge in [-0.15, -0.1) is 5.10 Å². The van der Waals surface area contributed by atoms with Gasteiger partial charge in [0, 0.05) is 33.3 Å². The Morgan fingerprint density at radius 2 is 2.07 bits per heavy atom. The molecule has 0 saturated carbocycles. The van der Waals surface area contributed by atoms with Crippen molar-refractivity contribution in [2.24, 2.45) is 5.92 Å². The third-order valence-corrected chi connectivity index (χ3v) is 5.15. The number of aromatic nitrogens is 5. The first-order chi connectivity index (χ1) is 14.4. The molecule has 0 aliphatic carbocycles.